The van der Waals surface area contributed by atoms with E-state index in [-0.39, 0.29) is 5.82 Å². The minimum Gasteiger partial charge on any atom is -0.489 e. The van der Waals surface area contributed by atoms with Gasteiger partial charge in [0.05, 0.1) is 5.69 Å². The maximum Gasteiger partial charge on any atom is 0.151 e. The van der Waals surface area contributed by atoms with E-state index in [4.69, 9.17) is 4.74 Å². The van der Waals surface area contributed by atoms with Crippen molar-refractivity contribution in [1.82, 2.24) is 10.2 Å². The van der Waals surface area contributed by atoms with Gasteiger partial charge in [-0.05, 0) is 62.6 Å². The van der Waals surface area contributed by atoms with Crippen molar-refractivity contribution in [3.63, 3.8) is 0 Å². The van der Waals surface area contributed by atoms with Crippen LogP contribution >= 0.6 is 0 Å². The van der Waals surface area contributed by atoms with E-state index in [0.29, 0.717) is 18.9 Å². The van der Waals surface area contributed by atoms with E-state index in [1.165, 1.54) is 12.1 Å². The van der Waals surface area contributed by atoms with Crippen LogP contribution in [-0.2, 0) is 13.0 Å². The summed E-state index contributed by atoms with van der Waals surface area (Å²) in [6, 6.07) is 8.59. The molecule has 0 amide bonds. The van der Waals surface area contributed by atoms with Crippen LogP contribution in [-0.4, -0.2) is 23.3 Å². The number of halogens is 1. The van der Waals surface area contributed by atoms with Gasteiger partial charge in [-0.2, -0.15) is 5.10 Å². The second-order valence-corrected chi connectivity index (χ2v) is 6.50. The van der Waals surface area contributed by atoms with Gasteiger partial charge >= 0.3 is 0 Å². The topological polar surface area (TPSA) is 38.2 Å². The van der Waals surface area contributed by atoms with Gasteiger partial charge in [0.2, 0.25) is 0 Å². The molecule has 0 saturated carbocycles. The lowest BCUT2D eigenvalue weighted by Crippen LogP contribution is -2.24. The van der Waals surface area contributed by atoms with Crippen molar-refractivity contribution in [2.75, 3.05) is 18.1 Å². The number of ether oxygens (including phenoxy) is 1. The Kier molecular flexibility index (Phi) is 7.57. The summed E-state index contributed by atoms with van der Waals surface area (Å²) in [6.45, 7) is 11.6. The number of unbranched alkanes of at least 4 members (excludes halogenated alkanes) is 1. The SMILES string of the molecule is C=C(C)COc1ccc(F)cc1CN(CC)c1ccc(CCCC)nn1. The Hall–Kier alpha value is -2.43. The molecule has 0 bridgehead atoms. The molecule has 0 atom stereocenters. The van der Waals surface area contributed by atoms with E-state index in [1.807, 2.05) is 26.0 Å². The van der Waals surface area contributed by atoms with Gasteiger partial charge in [-0.1, -0.05) is 19.9 Å². The Morgan fingerprint density at radius 2 is 2.00 bits per heavy atom. The Balaban J connectivity index is 2.16. The van der Waals surface area contributed by atoms with Crippen LogP contribution in [0.5, 0.6) is 5.75 Å². The smallest absolute Gasteiger partial charge is 0.151 e. The first kappa shape index (κ1) is 19.9. The quantitative estimate of drug-likeness (QED) is 0.565. The van der Waals surface area contributed by atoms with Crippen LogP contribution in [0.1, 0.15) is 44.9 Å². The zero-order chi connectivity index (χ0) is 18.9. The molecule has 0 fully saturated rings. The lowest BCUT2D eigenvalue weighted by molar-refractivity contribution is 0.347. The van der Waals surface area contributed by atoms with Crippen molar-refractivity contribution in [1.29, 1.82) is 0 Å². The highest BCUT2D eigenvalue weighted by Crippen LogP contribution is 2.24. The van der Waals surface area contributed by atoms with Gasteiger partial charge < -0.3 is 9.64 Å². The molecule has 0 unspecified atom stereocenters. The van der Waals surface area contributed by atoms with Crippen LogP contribution in [0.15, 0.2) is 42.5 Å². The molecule has 5 heteroatoms. The lowest BCUT2D eigenvalue weighted by Gasteiger charge is -2.23. The van der Waals surface area contributed by atoms with Gasteiger partial charge in [0.15, 0.2) is 5.82 Å². The first-order chi connectivity index (χ1) is 12.5. The maximum absolute atomic E-state index is 13.8. The third-order valence-electron chi connectivity index (χ3n) is 4.06. The van der Waals surface area contributed by atoms with Crippen molar-refractivity contribution in [3.05, 3.63) is 59.6 Å². The highest BCUT2D eigenvalue weighted by Gasteiger charge is 2.13. The van der Waals surface area contributed by atoms with Gasteiger partial charge in [-0.3, -0.25) is 0 Å². The van der Waals surface area contributed by atoms with Crippen molar-refractivity contribution in [2.45, 2.75) is 46.6 Å². The molecule has 26 heavy (non-hydrogen) atoms. The van der Waals surface area contributed by atoms with Gasteiger partial charge in [0.1, 0.15) is 18.2 Å². The number of hydrogen-bond acceptors (Lipinski definition) is 4. The zero-order valence-electron chi connectivity index (χ0n) is 16.0. The molecule has 2 aromatic rings. The molecular formula is C21H28FN3O. The monoisotopic (exact) mass is 357 g/mol. The Labute approximate surface area is 155 Å². The Morgan fingerprint density at radius 1 is 1.19 bits per heavy atom. The van der Waals surface area contributed by atoms with E-state index >= 15 is 0 Å². The minimum atomic E-state index is -0.278. The predicted molar refractivity (Wildman–Crippen MR) is 104 cm³/mol. The van der Waals surface area contributed by atoms with E-state index in [0.717, 1.165) is 48.5 Å². The number of aromatic nitrogens is 2. The fourth-order valence-electron chi connectivity index (χ4n) is 2.59. The molecule has 1 aromatic heterocycles. The van der Waals surface area contributed by atoms with E-state index in [9.17, 15) is 4.39 Å². The molecule has 0 aliphatic carbocycles. The molecule has 0 saturated heterocycles. The molecule has 4 nitrogen and oxygen atoms in total. The van der Waals surface area contributed by atoms with Gasteiger partial charge in [-0.15, -0.1) is 5.10 Å². The molecule has 0 aliphatic heterocycles. The normalized spacial score (nSPS) is 10.6. The van der Waals surface area contributed by atoms with Crippen LogP contribution in [0, 0.1) is 5.82 Å². The van der Waals surface area contributed by atoms with Crippen molar-refractivity contribution in [3.8, 4) is 5.75 Å². The highest BCUT2D eigenvalue weighted by molar-refractivity contribution is 5.42. The molecule has 140 valence electrons. The van der Waals surface area contributed by atoms with E-state index in [2.05, 4.69) is 28.6 Å². The zero-order valence-corrected chi connectivity index (χ0v) is 16.0. The van der Waals surface area contributed by atoms with E-state index in [1.54, 1.807) is 6.07 Å². The molecule has 1 aromatic carbocycles. The second kappa shape index (κ2) is 9.90. The summed E-state index contributed by atoms with van der Waals surface area (Å²) in [7, 11) is 0. The van der Waals surface area contributed by atoms with Gasteiger partial charge in [-0.25, -0.2) is 4.39 Å². The molecule has 2 rings (SSSR count). The standard InChI is InChI=1S/C21H28FN3O/c1-5-7-8-19-10-12-21(24-23-19)25(6-2)14-17-13-18(22)9-11-20(17)26-15-16(3)4/h9-13H,3,5-8,14-15H2,1-2,4H3. The summed E-state index contributed by atoms with van der Waals surface area (Å²) < 4.78 is 19.5. The molecule has 1 heterocycles. The van der Waals surface area contributed by atoms with Crippen LogP contribution in [0.3, 0.4) is 0 Å². The van der Waals surface area contributed by atoms with Crippen LogP contribution in [0.4, 0.5) is 10.2 Å². The summed E-state index contributed by atoms with van der Waals surface area (Å²) in [5.41, 5.74) is 2.70. The Morgan fingerprint density at radius 3 is 2.62 bits per heavy atom. The molecule has 0 aliphatic rings. The van der Waals surface area contributed by atoms with Crippen LogP contribution in [0.25, 0.3) is 0 Å². The fourth-order valence-corrected chi connectivity index (χ4v) is 2.59. The minimum absolute atomic E-state index is 0.278. The number of aryl methyl sites for hydroxylation is 1. The highest BCUT2D eigenvalue weighted by atomic mass is 19.1. The van der Waals surface area contributed by atoms with Crippen LogP contribution < -0.4 is 9.64 Å². The molecular weight excluding hydrogens is 329 g/mol. The lowest BCUT2D eigenvalue weighted by atomic mass is 10.1. The number of hydrogen-bond donors (Lipinski definition) is 0. The maximum atomic E-state index is 13.8. The summed E-state index contributed by atoms with van der Waals surface area (Å²) in [5, 5.41) is 8.67. The summed E-state index contributed by atoms with van der Waals surface area (Å²) >= 11 is 0. The first-order valence-electron chi connectivity index (χ1n) is 9.16. The largest absolute Gasteiger partial charge is 0.489 e. The fraction of sp³-hybridized carbons (Fsp3) is 0.429. The van der Waals surface area contributed by atoms with Crippen LogP contribution in [0.2, 0.25) is 0 Å². The first-order valence-corrected chi connectivity index (χ1v) is 9.16. The van der Waals surface area contributed by atoms with Gasteiger partial charge in [0, 0.05) is 18.7 Å². The molecule has 0 spiro atoms. The van der Waals surface area contributed by atoms with Crippen molar-refractivity contribution in [2.24, 2.45) is 0 Å². The number of benzene rings is 1. The summed E-state index contributed by atoms with van der Waals surface area (Å²) in [5.74, 6) is 1.17. The number of anilines is 1. The molecule has 0 N–H and O–H groups in total. The Bertz CT molecular complexity index is 716. The van der Waals surface area contributed by atoms with Crippen molar-refractivity contribution < 1.29 is 9.13 Å². The number of rotatable bonds is 10. The van der Waals surface area contributed by atoms with E-state index < -0.39 is 0 Å². The predicted octanol–water partition coefficient (Wildman–Crippen LogP) is 4.94. The van der Waals surface area contributed by atoms with Gasteiger partial charge in [0.25, 0.3) is 0 Å². The second-order valence-electron chi connectivity index (χ2n) is 6.50. The summed E-state index contributed by atoms with van der Waals surface area (Å²) in [4.78, 5) is 2.05. The average molecular weight is 357 g/mol. The molecule has 0 radical (unpaired) electrons. The third kappa shape index (κ3) is 5.83. The number of nitrogens with zero attached hydrogens (tertiary/aromatic N) is 3. The summed E-state index contributed by atoms with van der Waals surface area (Å²) in [6.07, 6.45) is 3.19. The third-order valence-corrected chi connectivity index (χ3v) is 4.06. The average Bonchev–Trinajstić information content (AvgIpc) is 2.64. The van der Waals surface area contributed by atoms with Crippen molar-refractivity contribution >= 4 is 5.82 Å².